The van der Waals surface area contributed by atoms with Crippen LogP contribution in [-0.2, 0) is 20.7 Å². The fourth-order valence-electron chi connectivity index (χ4n) is 2.19. The number of benzene rings is 1. The van der Waals surface area contributed by atoms with Gasteiger partial charge in [0, 0.05) is 30.2 Å². The zero-order valence-corrected chi connectivity index (χ0v) is 12.9. The monoisotopic (exact) mass is 340 g/mol. The van der Waals surface area contributed by atoms with E-state index in [4.69, 9.17) is 4.74 Å². The summed E-state index contributed by atoms with van der Waals surface area (Å²) in [7, 11) is 1.58. The Balaban J connectivity index is 2.07. The lowest BCUT2D eigenvalue weighted by Crippen LogP contribution is -2.43. The van der Waals surface area contributed by atoms with Gasteiger partial charge in [-0.1, -0.05) is 15.9 Å². The molecule has 0 aliphatic carbocycles. The van der Waals surface area contributed by atoms with Crippen molar-refractivity contribution >= 4 is 33.4 Å². The lowest BCUT2D eigenvalue weighted by atomic mass is 10.0. The molecule has 0 aromatic heterocycles. The molecule has 6 heteroatoms. The maximum atomic E-state index is 12.0. The van der Waals surface area contributed by atoms with E-state index in [2.05, 4.69) is 21.2 Å². The van der Waals surface area contributed by atoms with Gasteiger partial charge in [-0.15, -0.1) is 0 Å². The van der Waals surface area contributed by atoms with Crippen molar-refractivity contribution in [3.05, 3.63) is 28.2 Å². The molecule has 2 rings (SSSR count). The molecule has 0 saturated carbocycles. The number of carbonyl (C=O) groups is 2. The number of hydrogen-bond donors (Lipinski definition) is 1. The molecule has 2 amide bonds. The van der Waals surface area contributed by atoms with Crippen LogP contribution >= 0.6 is 15.9 Å². The molecule has 20 heavy (non-hydrogen) atoms. The summed E-state index contributed by atoms with van der Waals surface area (Å²) in [5.74, 6) is -0.187. The zero-order chi connectivity index (χ0) is 14.5. The first-order valence-corrected chi connectivity index (χ1v) is 7.25. The molecular weight excluding hydrogens is 324 g/mol. The molecule has 1 N–H and O–H groups in total. The van der Waals surface area contributed by atoms with E-state index in [1.54, 1.807) is 12.0 Å². The van der Waals surface area contributed by atoms with Crippen LogP contribution in [-0.4, -0.2) is 38.6 Å². The first kappa shape index (κ1) is 15.0. The van der Waals surface area contributed by atoms with Crippen LogP contribution in [0.1, 0.15) is 12.0 Å². The van der Waals surface area contributed by atoms with Crippen LogP contribution in [0.25, 0.3) is 0 Å². The van der Waals surface area contributed by atoms with Crippen LogP contribution in [0, 0.1) is 0 Å². The zero-order valence-electron chi connectivity index (χ0n) is 11.3. The van der Waals surface area contributed by atoms with E-state index in [0.29, 0.717) is 19.6 Å². The van der Waals surface area contributed by atoms with E-state index in [1.165, 1.54) is 0 Å². The van der Waals surface area contributed by atoms with Crippen LogP contribution in [0.5, 0.6) is 0 Å². The Morgan fingerprint density at radius 2 is 2.25 bits per heavy atom. The Bertz CT molecular complexity index is 519. The molecule has 1 aromatic rings. The van der Waals surface area contributed by atoms with E-state index >= 15 is 0 Å². The smallest absolute Gasteiger partial charge is 0.240 e. The van der Waals surface area contributed by atoms with Gasteiger partial charge in [0.1, 0.15) is 6.54 Å². The third kappa shape index (κ3) is 3.58. The molecule has 0 saturated heterocycles. The number of anilines is 1. The van der Waals surface area contributed by atoms with Gasteiger partial charge < -0.3 is 15.0 Å². The van der Waals surface area contributed by atoms with E-state index in [-0.39, 0.29) is 18.4 Å². The van der Waals surface area contributed by atoms with Crippen LogP contribution in [0.4, 0.5) is 5.69 Å². The summed E-state index contributed by atoms with van der Waals surface area (Å²) in [6.07, 6.45) is 1.16. The minimum atomic E-state index is -0.175. The lowest BCUT2D eigenvalue weighted by Gasteiger charge is -2.29. The standard InChI is InChI=1S/C14H17BrN2O3/c1-20-7-6-16-13(18)9-17-12-4-3-11(15)8-10(12)2-5-14(17)19/h3-4,8H,2,5-7,9H2,1H3,(H,16,18). The number of aryl methyl sites for hydroxylation is 1. The first-order chi connectivity index (χ1) is 9.61. The van der Waals surface area contributed by atoms with E-state index in [1.807, 2.05) is 18.2 Å². The van der Waals surface area contributed by atoms with Crippen LogP contribution in [0.15, 0.2) is 22.7 Å². The highest BCUT2D eigenvalue weighted by Gasteiger charge is 2.25. The summed E-state index contributed by atoms with van der Waals surface area (Å²) in [6.45, 7) is 0.963. The number of carbonyl (C=O) groups excluding carboxylic acids is 2. The topological polar surface area (TPSA) is 58.6 Å². The first-order valence-electron chi connectivity index (χ1n) is 6.46. The number of amides is 2. The average molecular weight is 341 g/mol. The fourth-order valence-corrected chi connectivity index (χ4v) is 2.60. The number of nitrogens with zero attached hydrogens (tertiary/aromatic N) is 1. The number of rotatable bonds is 5. The average Bonchev–Trinajstić information content (AvgIpc) is 2.42. The summed E-state index contributed by atoms with van der Waals surface area (Å²) in [5, 5.41) is 2.73. The van der Waals surface area contributed by atoms with E-state index in [0.717, 1.165) is 22.1 Å². The molecule has 0 bridgehead atoms. The minimum Gasteiger partial charge on any atom is -0.383 e. The third-order valence-electron chi connectivity index (χ3n) is 3.17. The van der Waals surface area contributed by atoms with Gasteiger partial charge in [0.25, 0.3) is 0 Å². The maximum absolute atomic E-state index is 12.0. The molecule has 0 unspecified atom stereocenters. The van der Waals surface area contributed by atoms with Crippen molar-refractivity contribution in [3.8, 4) is 0 Å². The summed E-state index contributed by atoms with van der Waals surface area (Å²) in [5.41, 5.74) is 1.91. The second kappa shape index (κ2) is 6.85. The molecule has 1 aliphatic rings. The number of methoxy groups -OCH3 is 1. The molecule has 0 radical (unpaired) electrons. The number of fused-ring (bicyclic) bond motifs is 1. The maximum Gasteiger partial charge on any atom is 0.240 e. The lowest BCUT2D eigenvalue weighted by molar-refractivity contribution is -0.124. The molecule has 0 atom stereocenters. The summed E-state index contributed by atoms with van der Waals surface area (Å²) in [6, 6.07) is 5.75. The van der Waals surface area contributed by atoms with Crippen LogP contribution in [0.3, 0.4) is 0 Å². The van der Waals surface area contributed by atoms with Crippen molar-refractivity contribution in [1.82, 2.24) is 5.32 Å². The van der Waals surface area contributed by atoms with Crippen molar-refractivity contribution in [1.29, 1.82) is 0 Å². The second-order valence-corrected chi connectivity index (χ2v) is 5.51. The van der Waals surface area contributed by atoms with Gasteiger partial charge in [0.15, 0.2) is 0 Å². The Kier molecular flexibility index (Phi) is 5.14. The van der Waals surface area contributed by atoms with Gasteiger partial charge in [0.05, 0.1) is 6.61 Å². The normalized spacial score (nSPS) is 14.1. The minimum absolute atomic E-state index is 0.0123. The van der Waals surface area contributed by atoms with Crippen LogP contribution < -0.4 is 10.2 Å². The summed E-state index contributed by atoms with van der Waals surface area (Å²) >= 11 is 3.42. The molecule has 108 valence electrons. The molecular formula is C14H17BrN2O3. The Labute approximate surface area is 126 Å². The quantitative estimate of drug-likeness (QED) is 0.826. The second-order valence-electron chi connectivity index (χ2n) is 4.60. The SMILES string of the molecule is COCCNC(=O)CN1C(=O)CCc2cc(Br)ccc21. The predicted molar refractivity (Wildman–Crippen MR) is 79.7 cm³/mol. The molecule has 0 spiro atoms. The molecule has 5 nitrogen and oxygen atoms in total. The summed E-state index contributed by atoms with van der Waals surface area (Å²) < 4.78 is 5.85. The van der Waals surface area contributed by atoms with Crippen molar-refractivity contribution in [2.24, 2.45) is 0 Å². The van der Waals surface area contributed by atoms with Gasteiger partial charge in [-0.2, -0.15) is 0 Å². The fraction of sp³-hybridized carbons (Fsp3) is 0.429. The van der Waals surface area contributed by atoms with Crippen molar-refractivity contribution in [3.63, 3.8) is 0 Å². The van der Waals surface area contributed by atoms with Crippen molar-refractivity contribution in [2.75, 3.05) is 31.7 Å². The van der Waals surface area contributed by atoms with Gasteiger partial charge in [-0.25, -0.2) is 0 Å². The Hall–Kier alpha value is -1.40. The van der Waals surface area contributed by atoms with Crippen LogP contribution in [0.2, 0.25) is 0 Å². The number of ether oxygens (including phenoxy) is 1. The van der Waals surface area contributed by atoms with Gasteiger partial charge in [-0.3, -0.25) is 9.59 Å². The predicted octanol–water partition coefficient (Wildman–Crippen LogP) is 1.49. The van der Waals surface area contributed by atoms with Crippen molar-refractivity contribution in [2.45, 2.75) is 12.8 Å². The Morgan fingerprint density at radius 1 is 1.45 bits per heavy atom. The highest BCUT2D eigenvalue weighted by Crippen LogP contribution is 2.30. The van der Waals surface area contributed by atoms with Gasteiger partial charge >= 0.3 is 0 Å². The third-order valence-corrected chi connectivity index (χ3v) is 3.66. The molecule has 0 fully saturated rings. The highest BCUT2D eigenvalue weighted by molar-refractivity contribution is 9.10. The van der Waals surface area contributed by atoms with Gasteiger partial charge in [0.2, 0.25) is 11.8 Å². The molecule has 1 aromatic carbocycles. The van der Waals surface area contributed by atoms with Crippen molar-refractivity contribution < 1.29 is 14.3 Å². The van der Waals surface area contributed by atoms with E-state index < -0.39 is 0 Å². The van der Waals surface area contributed by atoms with E-state index in [9.17, 15) is 9.59 Å². The number of hydrogen-bond acceptors (Lipinski definition) is 3. The molecule has 1 heterocycles. The number of halogens is 1. The van der Waals surface area contributed by atoms with Gasteiger partial charge in [-0.05, 0) is 30.2 Å². The Morgan fingerprint density at radius 3 is 3.00 bits per heavy atom. The highest BCUT2D eigenvalue weighted by atomic mass is 79.9. The summed E-state index contributed by atoms with van der Waals surface area (Å²) in [4.78, 5) is 25.4. The number of nitrogens with one attached hydrogen (secondary N) is 1. The largest absolute Gasteiger partial charge is 0.383 e. The molecule has 1 aliphatic heterocycles.